The zero-order chi connectivity index (χ0) is 7.40. The van der Waals surface area contributed by atoms with E-state index in [0.717, 1.165) is 19.0 Å². The maximum atomic E-state index is 5.23. The first kappa shape index (κ1) is 7.98. The quantitative estimate of drug-likeness (QED) is 0.550. The molecular formula is C7H15NO2. The van der Waals surface area contributed by atoms with E-state index in [4.69, 9.17) is 9.57 Å². The molecule has 0 spiro atoms. The Kier molecular flexibility index (Phi) is 3.12. The first-order chi connectivity index (χ1) is 4.83. The van der Waals surface area contributed by atoms with Gasteiger partial charge in [-0.25, -0.2) is 0 Å². The molecular weight excluding hydrogens is 130 g/mol. The molecule has 1 unspecified atom stereocenters. The molecule has 1 aliphatic heterocycles. The molecule has 0 aromatic heterocycles. The fourth-order valence-corrected chi connectivity index (χ4v) is 1.14. The van der Waals surface area contributed by atoms with Gasteiger partial charge in [0, 0.05) is 20.2 Å². The molecule has 0 aromatic rings. The number of nitrogens with zero attached hydrogens (tertiary/aromatic N) is 1. The number of ether oxygens (including phenoxy) is 1. The van der Waals surface area contributed by atoms with Crippen LogP contribution in [-0.4, -0.2) is 32.1 Å². The van der Waals surface area contributed by atoms with Crippen LogP contribution in [0.25, 0.3) is 0 Å². The molecule has 1 rings (SSSR count). The fourth-order valence-electron chi connectivity index (χ4n) is 1.14. The molecule has 3 nitrogen and oxygen atoms in total. The summed E-state index contributed by atoms with van der Waals surface area (Å²) in [5.74, 6) is 0.775. The third-order valence-corrected chi connectivity index (χ3v) is 1.74. The number of hydroxylamine groups is 2. The molecule has 0 N–H and O–H groups in total. The molecule has 0 bridgehead atoms. The lowest BCUT2D eigenvalue weighted by Crippen LogP contribution is -2.21. The number of hydrogen-bond donors (Lipinski definition) is 0. The molecule has 3 heteroatoms. The van der Waals surface area contributed by atoms with E-state index in [2.05, 4.69) is 6.92 Å². The second kappa shape index (κ2) is 3.91. The normalized spacial score (nSPS) is 27.6. The topological polar surface area (TPSA) is 21.7 Å². The Morgan fingerprint density at radius 1 is 1.60 bits per heavy atom. The standard InChI is InChI=1S/C7H15NO2/c1-7-3-4-8(5-7)10-6-9-2/h7H,3-6H2,1-2H3. The first-order valence-corrected chi connectivity index (χ1v) is 3.69. The third kappa shape index (κ3) is 2.25. The molecule has 0 aliphatic carbocycles. The van der Waals surface area contributed by atoms with Crippen LogP contribution in [0.15, 0.2) is 0 Å². The van der Waals surface area contributed by atoms with Gasteiger partial charge in [-0.1, -0.05) is 6.92 Å². The monoisotopic (exact) mass is 145 g/mol. The summed E-state index contributed by atoms with van der Waals surface area (Å²) >= 11 is 0. The van der Waals surface area contributed by atoms with Crippen LogP contribution in [-0.2, 0) is 9.57 Å². The van der Waals surface area contributed by atoms with Crippen LogP contribution in [0.4, 0.5) is 0 Å². The Labute approximate surface area is 61.9 Å². The van der Waals surface area contributed by atoms with Crippen molar-refractivity contribution in [2.45, 2.75) is 13.3 Å². The lowest BCUT2D eigenvalue weighted by atomic mass is 10.2. The summed E-state index contributed by atoms with van der Waals surface area (Å²) in [6, 6.07) is 0. The van der Waals surface area contributed by atoms with Crippen molar-refractivity contribution in [3.63, 3.8) is 0 Å². The molecule has 0 saturated carbocycles. The zero-order valence-corrected chi connectivity index (χ0v) is 6.67. The predicted octanol–water partition coefficient (Wildman–Crippen LogP) is 0.864. The lowest BCUT2D eigenvalue weighted by molar-refractivity contribution is -0.207. The van der Waals surface area contributed by atoms with Gasteiger partial charge in [0.15, 0.2) is 6.79 Å². The predicted molar refractivity (Wildman–Crippen MR) is 38.3 cm³/mol. The van der Waals surface area contributed by atoms with Gasteiger partial charge in [-0.3, -0.25) is 4.84 Å². The lowest BCUT2D eigenvalue weighted by Gasteiger charge is -2.13. The fraction of sp³-hybridized carbons (Fsp3) is 1.00. The van der Waals surface area contributed by atoms with Crippen LogP contribution in [0.5, 0.6) is 0 Å². The highest BCUT2D eigenvalue weighted by Crippen LogP contribution is 2.14. The second-order valence-electron chi connectivity index (χ2n) is 2.82. The van der Waals surface area contributed by atoms with E-state index < -0.39 is 0 Å². The average Bonchev–Trinajstić information content (AvgIpc) is 2.31. The van der Waals surface area contributed by atoms with E-state index in [0.29, 0.717) is 6.79 Å². The number of methoxy groups -OCH3 is 1. The summed E-state index contributed by atoms with van der Waals surface area (Å²) in [7, 11) is 1.64. The van der Waals surface area contributed by atoms with Crippen molar-refractivity contribution in [1.82, 2.24) is 5.06 Å². The Morgan fingerprint density at radius 3 is 2.90 bits per heavy atom. The van der Waals surface area contributed by atoms with Gasteiger partial charge in [-0.15, -0.1) is 0 Å². The SMILES string of the molecule is COCON1CCC(C)C1. The summed E-state index contributed by atoms with van der Waals surface area (Å²) in [5, 5.41) is 1.97. The largest absolute Gasteiger partial charge is 0.357 e. The van der Waals surface area contributed by atoms with Gasteiger partial charge >= 0.3 is 0 Å². The van der Waals surface area contributed by atoms with Crippen molar-refractivity contribution in [2.75, 3.05) is 27.0 Å². The highest BCUT2D eigenvalue weighted by molar-refractivity contribution is 4.65. The molecule has 1 heterocycles. The zero-order valence-electron chi connectivity index (χ0n) is 6.67. The number of rotatable bonds is 3. The van der Waals surface area contributed by atoms with Crippen molar-refractivity contribution in [2.24, 2.45) is 5.92 Å². The average molecular weight is 145 g/mol. The second-order valence-corrected chi connectivity index (χ2v) is 2.82. The summed E-state index contributed by atoms with van der Waals surface area (Å²) in [4.78, 5) is 5.23. The molecule has 1 saturated heterocycles. The highest BCUT2D eigenvalue weighted by Gasteiger charge is 2.18. The van der Waals surface area contributed by atoms with Crippen LogP contribution < -0.4 is 0 Å². The molecule has 0 amide bonds. The van der Waals surface area contributed by atoms with Crippen molar-refractivity contribution in [3.05, 3.63) is 0 Å². The van der Waals surface area contributed by atoms with Gasteiger partial charge in [-0.05, 0) is 12.3 Å². The van der Waals surface area contributed by atoms with Gasteiger partial charge < -0.3 is 4.74 Å². The van der Waals surface area contributed by atoms with E-state index in [1.807, 2.05) is 5.06 Å². The van der Waals surface area contributed by atoms with Crippen LogP contribution in [0.2, 0.25) is 0 Å². The maximum absolute atomic E-state index is 5.23. The maximum Gasteiger partial charge on any atom is 0.166 e. The van der Waals surface area contributed by atoms with Crippen LogP contribution in [0.1, 0.15) is 13.3 Å². The van der Waals surface area contributed by atoms with E-state index in [1.54, 1.807) is 7.11 Å². The molecule has 1 aliphatic rings. The highest BCUT2D eigenvalue weighted by atomic mass is 16.8. The Hall–Kier alpha value is -0.120. The summed E-state index contributed by atoms with van der Waals surface area (Å²) < 4.78 is 4.78. The summed E-state index contributed by atoms with van der Waals surface area (Å²) in [5.41, 5.74) is 0. The number of hydrogen-bond acceptors (Lipinski definition) is 3. The molecule has 60 valence electrons. The van der Waals surface area contributed by atoms with E-state index in [1.165, 1.54) is 6.42 Å². The van der Waals surface area contributed by atoms with Crippen molar-refractivity contribution >= 4 is 0 Å². The minimum Gasteiger partial charge on any atom is -0.357 e. The minimum atomic E-state index is 0.382. The smallest absolute Gasteiger partial charge is 0.166 e. The molecule has 0 aromatic carbocycles. The van der Waals surface area contributed by atoms with Crippen LogP contribution in [0, 0.1) is 5.92 Å². The Bertz CT molecular complexity index is 97.6. The minimum absolute atomic E-state index is 0.382. The Balaban J connectivity index is 2.06. The van der Waals surface area contributed by atoms with Gasteiger partial charge in [0.2, 0.25) is 0 Å². The molecule has 1 atom stereocenters. The van der Waals surface area contributed by atoms with E-state index in [9.17, 15) is 0 Å². The van der Waals surface area contributed by atoms with Crippen LogP contribution in [0.3, 0.4) is 0 Å². The van der Waals surface area contributed by atoms with Crippen molar-refractivity contribution < 1.29 is 9.57 Å². The molecule has 1 fully saturated rings. The van der Waals surface area contributed by atoms with E-state index >= 15 is 0 Å². The molecule has 0 radical (unpaired) electrons. The summed E-state index contributed by atoms with van der Waals surface area (Å²) in [6.45, 7) is 4.71. The third-order valence-electron chi connectivity index (χ3n) is 1.74. The first-order valence-electron chi connectivity index (χ1n) is 3.69. The molecule has 10 heavy (non-hydrogen) atoms. The Morgan fingerprint density at radius 2 is 2.40 bits per heavy atom. The van der Waals surface area contributed by atoms with Gasteiger partial charge in [0.1, 0.15) is 0 Å². The summed E-state index contributed by atoms with van der Waals surface area (Å²) in [6.07, 6.45) is 1.24. The van der Waals surface area contributed by atoms with E-state index in [-0.39, 0.29) is 0 Å². The van der Waals surface area contributed by atoms with Gasteiger partial charge in [0.25, 0.3) is 0 Å². The van der Waals surface area contributed by atoms with Crippen LogP contribution >= 0.6 is 0 Å². The van der Waals surface area contributed by atoms with Gasteiger partial charge in [-0.2, -0.15) is 5.06 Å². The van der Waals surface area contributed by atoms with Gasteiger partial charge in [0.05, 0.1) is 0 Å². The van der Waals surface area contributed by atoms with Crippen molar-refractivity contribution in [3.8, 4) is 0 Å². The van der Waals surface area contributed by atoms with Crippen molar-refractivity contribution in [1.29, 1.82) is 0 Å².